The number of carbonyl (C=O) groups excluding carboxylic acids is 2. The summed E-state index contributed by atoms with van der Waals surface area (Å²) in [5, 5.41) is 3.25. The lowest BCUT2D eigenvalue weighted by molar-refractivity contribution is -0.131. The molecule has 2 rings (SSSR count). The molecule has 1 aromatic carbocycles. The fraction of sp³-hybridized carbons (Fsp3) is 0.429. The second-order valence-corrected chi connectivity index (χ2v) is 4.48. The Morgan fingerprint density at radius 3 is 2.75 bits per heavy atom. The molecule has 1 N–H and O–H groups in total. The highest BCUT2D eigenvalue weighted by Crippen LogP contribution is 2.19. The van der Waals surface area contributed by atoms with Crippen molar-refractivity contribution in [2.45, 2.75) is 25.8 Å². The molecule has 1 fully saturated rings. The molecular weight excluding hydrogens is 282 g/mol. The molecule has 1 unspecified atom stereocenters. The van der Waals surface area contributed by atoms with Gasteiger partial charge in [0.2, 0.25) is 0 Å². The summed E-state index contributed by atoms with van der Waals surface area (Å²) < 4.78 is 10.2. The zero-order chi connectivity index (χ0) is 13.7. The number of para-hydroxylation sites is 1. The van der Waals surface area contributed by atoms with E-state index < -0.39 is 11.9 Å². The van der Waals surface area contributed by atoms with E-state index in [1.54, 1.807) is 24.3 Å². The zero-order valence-electron chi connectivity index (χ0n) is 11.3. The van der Waals surface area contributed by atoms with Crippen LogP contribution in [0.1, 0.15) is 30.1 Å². The molecular formula is C14H18ClNO4. The van der Waals surface area contributed by atoms with E-state index in [-0.39, 0.29) is 29.8 Å². The average Bonchev–Trinajstić information content (AvgIpc) is 2.89. The number of hydrogen-bond donors (Lipinski definition) is 1. The lowest BCUT2D eigenvalue weighted by atomic mass is 10.2. The molecule has 1 atom stereocenters. The SMILES string of the molecule is CC(=O)Oc1ccccc1C(=O)OCC1CCCN1.Cl. The minimum Gasteiger partial charge on any atom is -0.460 e. The van der Waals surface area contributed by atoms with Crippen molar-refractivity contribution in [3.63, 3.8) is 0 Å². The Morgan fingerprint density at radius 2 is 2.10 bits per heavy atom. The van der Waals surface area contributed by atoms with Crippen LogP contribution in [0.2, 0.25) is 0 Å². The quantitative estimate of drug-likeness (QED) is 0.680. The lowest BCUT2D eigenvalue weighted by Gasteiger charge is -2.12. The maximum absolute atomic E-state index is 12.0. The predicted octanol–water partition coefficient (Wildman–Crippen LogP) is 1.94. The minimum absolute atomic E-state index is 0. The molecule has 1 heterocycles. The van der Waals surface area contributed by atoms with Crippen LogP contribution in [0.5, 0.6) is 5.75 Å². The summed E-state index contributed by atoms with van der Waals surface area (Å²) in [5.41, 5.74) is 0.274. The van der Waals surface area contributed by atoms with Gasteiger partial charge in [0, 0.05) is 13.0 Å². The first-order chi connectivity index (χ1) is 9.16. The highest BCUT2D eigenvalue weighted by Gasteiger charge is 2.19. The van der Waals surface area contributed by atoms with Crippen LogP contribution < -0.4 is 10.1 Å². The molecule has 1 aliphatic heterocycles. The fourth-order valence-corrected chi connectivity index (χ4v) is 2.03. The number of carbonyl (C=O) groups is 2. The standard InChI is InChI=1S/C14H17NO4.ClH/c1-10(16)19-13-7-3-2-6-12(13)14(17)18-9-11-5-4-8-15-11;/h2-3,6-7,11,15H,4-5,8-9H2,1H3;1H. The number of esters is 2. The summed E-state index contributed by atoms with van der Waals surface area (Å²) in [6.07, 6.45) is 2.12. The molecule has 110 valence electrons. The smallest absolute Gasteiger partial charge is 0.342 e. The normalized spacial score (nSPS) is 17.1. The van der Waals surface area contributed by atoms with E-state index in [2.05, 4.69) is 5.32 Å². The summed E-state index contributed by atoms with van der Waals surface area (Å²) in [4.78, 5) is 22.9. The average molecular weight is 300 g/mol. The maximum atomic E-state index is 12.0. The summed E-state index contributed by atoms with van der Waals surface area (Å²) >= 11 is 0. The first-order valence-corrected chi connectivity index (χ1v) is 6.35. The summed E-state index contributed by atoms with van der Waals surface area (Å²) in [6, 6.07) is 6.80. The van der Waals surface area contributed by atoms with Crippen molar-refractivity contribution in [1.29, 1.82) is 0 Å². The molecule has 1 aromatic rings. The van der Waals surface area contributed by atoms with Gasteiger partial charge in [-0.1, -0.05) is 12.1 Å². The third-order valence-electron chi connectivity index (χ3n) is 2.94. The number of nitrogens with one attached hydrogen (secondary N) is 1. The molecule has 1 aliphatic rings. The van der Waals surface area contributed by atoms with Gasteiger partial charge in [0.05, 0.1) is 0 Å². The van der Waals surface area contributed by atoms with E-state index in [0.717, 1.165) is 19.4 Å². The van der Waals surface area contributed by atoms with Gasteiger partial charge >= 0.3 is 11.9 Å². The minimum atomic E-state index is -0.467. The topological polar surface area (TPSA) is 64.6 Å². The van der Waals surface area contributed by atoms with Gasteiger partial charge in [-0.05, 0) is 31.5 Å². The summed E-state index contributed by atoms with van der Waals surface area (Å²) in [7, 11) is 0. The Morgan fingerprint density at radius 1 is 1.35 bits per heavy atom. The number of benzene rings is 1. The predicted molar refractivity (Wildman–Crippen MR) is 76.3 cm³/mol. The number of halogens is 1. The number of hydrogen-bond acceptors (Lipinski definition) is 5. The molecule has 20 heavy (non-hydrogen) atoms. The van der Waals surface area contributed by atoms with Gasteiger partial charge in [0.1, 0.15) is 17.9 Å². The van der Waals surface area contributed by atoms with Crippen molar-refractivity contribution in [2.24, 2.45) is 0 Å². The monoisotopic (exact) mass is 299 g/mol. The van der Waals surface area contributed by atoms with Crippen molar-refractivity contribution >= 4 is 24.3 Å². The molecule has 6 heteroatoms. The molecule has 0 saturated carbocycles. The molecule has 0 aliphatic carbocycles. The summed E-state index contributed by atoms with van der Waals surface area (Å²) in [5.74, 6) is -0.692. The van der Waals surface area contributed by atoms with Crippen LogP contribution in [0.4, 0.5) is 0 Å². The Hall–Kier alpha value is -1.59. The van der Waals surface area contributed by atoms with Crippen molar-refractivity contribution in [1.82, 2.24) is 5.32 Å². The Labute approximate surface area is 124 Å². The molecule has 0 spiro atoms. The van der Waals surface area contributed by atoms with E-state index in [1.165, 1.54) is 6.92 Å². The fourth-order valence-electron chi connectivity index (χ4n) is 2.03. The van der Waals surface area contributed by atoms with Crippen molar-refractivity contribution in [3.05, 3.63) is 29.8 Å². The second kappa shape index (κ2) is 7.87. The maximum Gasteiger partial charge on any atom is 0.342 e. The second-order valence-electron chi connectivity index (χ2n) is 4.48. The van der Waals surface area contributed by atoms with E-state index >= 15 is 0 Å². The van der Waals surface area contributed by atoms with Gasteiger partial charge in [-0.2, -0.15) is 0 Å². The van der Waals surface area contributed by atoms with Crippen LogP contribution in [-0.4, -0.2) is 31.1 Å². The highest BCUT2D eigenvalue weighted by atomic mass is 35.5. The van der Waals surface area contributed by atoms with E-state index in [9.17, 15) is 9.59 Å². The van der Waals surface area contributed by atoms with Crippen LogP contribution in [0.15, 0.2) is 24.3 Å². The third kappa shape index (κ3) is 4.51. The van der Waals surface area contributed by atoms with Gasteiger partial charge in [0.25, 0.3) is 0 Å². The molecule has 0 radical (unpaired) electrons. The largest absolute Gasteiger partial charge is 0.460 e. The van der Waals surface area contributed by atoms with Crippen LogP contribution in [0.25, 0.3) is 0 Å². The molecule has 5 nitrogen and oxygen atoms in total. The van der Waals surface area contributed by atoms with E-state index in [4.69, 9.17) is 9.47 Å². The Bertz CT molecular complexity index is 472. The van der Waals surface area contributed by atoms with Crippen LogP contribution in [0, 0.1) is 0 Å². The first kappa shape index (κ1) is 16.5. The Balaban J connectivity index is 0.00000200. The number of rotatable bonds is 4. The molecule has 0 bridgehead atoms. The van der Waals surface area contributed by atoms with Crippen LogP contribution >= 0.6 is 12.4 Å². The molecule has 0 amide bonds. The van der Waals surface area contributed by atoms with Crippen LogP contribution in [-0.2, 0) is 9.53 Å². The Kier molecular flexibility index (Phi) is 6.48. The number of ether oxygens (including phenoxy) is 2. The van der Waals surface area contributed by atoms with Gasteiger partial charge in [-0.25, -0.2) is 4.79 Å². The zero-order valence-corrected chi connectivity index (χ0v) is 12.1. The highest BCUT2D eigenvalue weighted by molar-refractivity contribution is 5.93. The van der Waals surface area contributed by atoms with Crippen molar-refractivity contribution < 1.29 is 19.1 Å². The van der Waals surface area contributed by atoms with Crippen molar-refractivity contribution in [2.75, 3.05) is 13.2 Å². The van der Waals surface area contributed by atoms with E-state index in [0.29, 0.717) is 6.61 Å². The van der Waals surface area contributed by atoms with Gasteiger partial charge in [0.15, 0.2) is 0 Å². The van der Waals surface area contributed by atoms with Gasteiger partial charge in [-0.3, -0.25) is 4.79 Å². The van der Waals surface area contributed by atoms with Gasteiger partial charge < -0.3 is 14.8 Å². The van der Waals surface area contributed by atoms with Crippen molar-refractivity contribution in [3.8, 4) is 5.75 Å². The molecule has 0 aromatic heterocycles. The van der Waals surface area contributed by atoms with E-state index in [1.807, 2.05) is 0 Å². The summed E-state index contributed by atoms with van der Waals surface area (Å²) in [6.45, 7) is 2.60. The third-order valence-corrected chi connectivity index (χ3v) is 2.94. The lowest BCUT2D eigenvalue weighted by Crippen LogP contribution is -2.28. The van der Waals surface area contributed by atoms with Crippen LogP contribution in [0.3, 0.4) is 0 Å². The first-order valence-electron chi connectivity index (χ1n) is 6.35. The van der Waals surface area contributed by atoms with Gasteiger partial charge in [-0.15, -0.1) is 12.4 Å². The molecule has 1 saturated heterocycles.